The predicted octanol–water partition coefficient (Wildman–Crippen LogP) is 3.52. The Morgan fingerprint density at radius 3 is 2.52 bits per heavy atom. The lowest BCUT2D eigenvalue weighted by Gasteiger charge is -2.19. The monoisotopic (exact) mass is 350 g/mol. The summed E-state index contributed by atoms with van der Waals surface area (Å²) in [5.74, 6) is 0. The van der Waals surface area contributed by atoms with E-state index in [9.17, 15) is 0 Å². The van der Waals surface area contributed by atoms with Crippen molar-refractivity contribution in [3.8, 4) is 0 Å². The first-order valence-corrected chi connectivity index (χ1v) is 8.37. The van der Waals surface area contributed by atoms with E-state index in [0.29, 0.717) is 0 Å². The second-order valence-electron chi connectivity index (χ2n) is 4.97. The van der Waals surface area contributed by atoms with Gasteiger partial charge in [-0.15, -0.1) is 0 Å². The molecule has 0 aliphatic carbocycles. The van der Waals surface area contributed by atoms with Crippen LogP contribution < -0.4 is 5.32 Å². The molecule has 0 fully saturated rings. The number of aromatic nitrogens is 3. The summed E-state index contributed by atoms with van der Waals surface area (Å²) in [7, 11) is 0. The van der Waals surface area contributed by atoms with Crippen molar-refractivity contribution in [2.24, 2.45) is 0 Å². The second kappa shape index (κ2) is 7.71. The first kappa shape index (κ1) is 16.2. The Labute approximate surface area is 135 Å². The van der Waals surface area contributed by atoms with Crippen LogP contribution in [0, 0.1) is 0 Å². The predicted molar refractivity (Wildman–Crippen MR) is 89.3 cm³/mol. The molecule has 0 saturated heterocycles. The Balaban J connectivity index is 2.31. The maximum atomic E-state index is 4.68. The molecule has 21 heavy (non-hydrogen) atoms. The zero-order valence-electron chi connectivity index (χ0n) is 12.9. The van der Waals surface area contributed by atoms with Gasteiger partial charge in [0.15, 0.2) is 0 Å². The molecule has 0 bridgehead atoms. The number of nitrogens with one attached hydrogen (secondary N) is 1. The van der Waals surface area contributed by atoms with Gasteiger partial charge >= 0.3 is 0 Å². The van der Waals surface area contributed by atoms with Crippen molar-refractivity contribution in [3.05, 3.63) is 46.0 Å². The van der Waals surface area contributed by atoms with Crippen LogP contribution in [0.5, 0.6) is 0 Å². The lowest BCUT2D eigenvalue weighted by molar-refractivity contribution is 0.514. The number of aryl methyl sites for hydroxylation is 2. The van der Waals surface area contributed by atoms with Gasteiger partial charge in [0.25, 0.3) is 0 Å². The van der Waals surface area contributed by atoms with Crippen molar-refractivity contribution in [1.29, 1.82) is 0 Å². The molecule has 2 aromatic rings. The van der Waals surface area contributed by atoms with Crippen molar-refractivity contribution in [2.75, 3.05) is 6.54 Å². The zero-order chi connectivity index (χ0) is 15.2. The van der Waals surface area contributed by atoms with Crippen molar-refractivity contribution in [2.45, 2.75) is 46.2 Å². The van der Waals surface area contributed by atoms with Crippen LogP contribution >= 0.6 is 15.9 Å². The van der Waals surface area contributed by atoms with E-state index in [1.165, 1.54) is 11.3 Å². The Hall–Kier alpha value is -1.20. The minimum atomic E-state index is 0.279. The third-order valence-electron chi connectivity index (χ3n) is 3.65. The Morgan fingerprint density at radius 2 is 1.95 bits per heavy atom. The van der Waals surface area contributed by atoms with Crippen LogP contribution in [-0.2, 0) is 19.4 Å². The van der Waals surface area contributed by atoms with Crippen molar-refractivity contribution in [3.63, 3.8) is 0 Å². The van der Waals surface area contributed by atoms with Crippen LogP contribution in [0.3, 0.4) is 0 Å². The molecule has 0 amide bonds. The molecule has 0 aliphatic rings. The number of pyridine rings is 1. The highest BCUT2D eigenvalue weighted by Crippen LogP contribution is 2.27. The van der Waals surface area contributed by atoms with E-state index < -0.39 is 0 Å². The van der Waals surface area contributed by atoms with Crippen LogP contribution in [-0.4, -0.2) is 21.3 Å². The van der Waals surface area contributed by atoms with E-state index in [-0.39, 0.29) is 6.04 Å². The molecule has 0 radical (unpaired) electrons. The van der Waals surface area contributed by atoms with Crippen LogP contribution in [0.15, 0.2) is 29.0 Å². The van der Waals surface area contributed by atoms with Crippen LogP contribution in [0.25, 0.3) is 0 Å². The van der Waals surface area contributed by atoms with Gasteiger partial charge in [0, 0.05) is 31.4 Å². The zero-order valence-corrected chi connectivity index (χ0v) is 14.5. The van der Waals surface area contributed by atoms with Gasteiger partial charge in [0.2, 0.25) is 0 Å². The molecule has 2 heterocycles. The summed E-state index contributed by atoms with van der Waals surface area (Å²) < 4.78 is 3.26. The van der Waals surface area contributed by atoms with Gasteiger partial charge in [-0.1, -0.05) is 13.8 Å². The summed E-state index contributed by atoms with van der Waals surface area (Å²) in [5.41, 5.74) is 3.66. The van der Waals surface area contributed by atoms with E-state index >= 15 is 0 Å². The summed E-state index contributed by atoms with van der Waals surface area (Å²) in [4.78, 5) is 4.11. The molecule has 114 valence electrons. The van der Waals surface area contributed by atoms with Crippen LogP contribution in [0.1, 0.15) is 43.8 Å². The van der Waals surface area contributed by atoms with Gasteiger partial charge in [-0.3, -0.25) is 9.67 Å². The number of hydrogen-bond donors (Lipinski definition) is 1. The summed E-state index contributed by atoms with van der Waals surface area (Å²) in [6.45, 7) is 8.24. The highest BCUT2D eigenvalue weighted by Gasteiger charge is 2.19. The molecular weight excluding hydrogens is 328 g/mol. The average Bonchev–Trinajstić information content (AvgIpc) is 2.83. The van der Waals surface area contributed by atoms with E-state index in [4.69, 9.17) is 0 Å². The van der Waals surface area contributed by atoms with Crippen LogP contribution in [0.2, 0.25) is 0 Å². The molecule has 0 aromatic carbocycles. The fraction of sp³-hybridized carbons (Fsp3) is 0.500. The molecule has 1 unspecified atom stereocenters. The minimum absolute atomic E-state index is 0.279. The Bertz CT molecular complexity index is 565. The van der Waals surface area contributed by atoms with E-state index in [2.05, 4.69) is 68.9 Å². The number of rotatable bonds is 7. The van der Waals surface area contributed by atoms with Crippen molar-refractivity contribution in [1.82, 2.24) is 20.1 Å². The summed E-state index contributed by atoms with van der Waals surface area (Å²) >= 11 is 3.73. The standard InChI is InChI=1S/C16H23BrN4/c1-4-13-16(17)15(21(6-3)20-13)11-14(19-5-2)12-7-9-18-10-8-12/h7-10,14,19H,4-6,11H2,1-3H3. The van der Waals surface area contributed by atoms with Gasteiger partial charge in [0.1, 0.15) is 0 Å². The van der Waals surface area contributed by atoms with Gasteiger partial charge in [-0.05, 0) is 53.5 Å². The third-order valence-corrected chi connectivity index (χ3v) is 4.57. The largest absolute Gasteiger partial charge is 0.310 e. The van der Waals surface area contributed by atoms with Gasteiger partial charge in [0.05, 0.1) is 15.9 Å². The van der Waals surface area contributed by atoms with Crippen molar-refractivity contribution >= 4 is 15.9 Å². The molecule has 0 spiro atoms. The van der Waals surface area contributed by atoms with Crippen LogP contribution in [0.4, 0.5) is 0 Å². The summed E-state index contributed by atoms with van der Waals surface area (Å²) in [5, 5.41) is 8.25. The fourth-order valence-electron chi connectivity index (χ4n) is 2.56. The van der Waals surface area contributed by atoms with E-state index in [0.717, 1.165) is 36.1 Å². The third kappa shape index (κ3) is 3.71. The molecule has 4 nitrogen and oxygen atoms in total. The van der Waals surface area contributed by atoms with Crippen molar-refractivity contribution < 1.29 is 0 Å². The number of hydrogen-bond acceptors (Lipinski definition) is 3. The summed E-state index contributed by atoms with van der Waals surface area (Å²) in [6, 6.07) is 4.43. The molecule has 2 rings (SSSR count). The molecule has 0 saturated carbocycles. The van der Waals surface area contributed by atoms with Gasteiger partial charge in [-0.2, -0.15) is 5.10 Å². The number of nitrogens with zero attached hydrogens (tertiary/aromatic N) is 3. The Morgan fingerprint density at radius 1 is 1.24 bits per heavy atom. The highest BCUT2D eigenvalue weighted by molar-refractivity contribution is 9.10. The smallest absolute Gasteiger partial charge is 0.0766 e. The highest BCUT2D eigenvalue weighted by atomic mass is 79.9. The van der Waals surface area contributed by atoms with E-state index in [1.807, 2.05) is 12.4 Å². The minimum Gasteiger partial charge on any atom is -0.310 e. The molecule has 1 N–H and O–H groups in total. The topological polar surface area (TPSA) is 42.7 Å². The first-order valence-electron chi connectivity index (χ1n) is 7.58. The maximum absolute atomic E-state index is 4.68. The quantitative estimate of drug-likeness (QED) is 0.830. The average molecular weight is 351 g/mol. The SMILES string of the molecule is CCNC(Cc1c(Br)c(CC)nn1CC)c1ccncc1. The number of halogens is 1. The lowest BCUT2D eigenvalue weighted by Crippen LogP contribution is -2.24. The molecular formula is C16H23BrN4. The van der Waals surface area contributed by atoms with E-state index in [1.54, 1.807) is 0 Å². The molecule has 5 heteroatoms. The first-order chi connectivity index (χ1) is 10.2. The number of likely N-dealkylation sites (N-methyl/N-ethyl adjacent to an activating group) is 1. The van der Waals surface area contributed by atoms with Gasteiger partial charge < -0.3 is 5.32 Å². The lowest BCUT2D eigenvalue weighted by atomic mass is 10.0. The molecule has 0 aliphatic heterocycles. The Kier molecular flexibility index (Phi) is 5.94. The normalized spacial score (nSPS) is 12.6. The van der Waals surface area contributed by atoms with Gasteiger partial charge in [-0.25, -0.2) is 0 Å². The molecule has 2 aromatic heterocycles. The summed E-state index contributed by atoms with van der Waals surface area (Å²) in [6.07, 6.45) is 5.56. The second-order valence-corrected chi connectivity index (χ2v) is 5.76. The fourth-order valence-corrected chi connectivity index (χ4v) is 3.28. The maximum Gasteiger partial charge on any atom is 0.0766 e. The molecule has 1 atom stereocenters.